The number of anilines is 1. The molecule has 0 spiro atoms. The Morgan fingerprint density at radius 3 is 2.33 bits per heavy atom. The molecule has 0 aliphatic carbocycles. The Hall–Kier alpha value is -2.16. The van der Waals surface area contributed by atoms with Gasteiger partial charge in [0, 0.05) is 17.8 Å². The van der Waals surface area contributed by atoms with E-state index < -0.39 is 0 Å². The smallest absolute Gasteiger partial charge is 0.124 e. The van der Waals surface area contributed by atoms with E-state index in [0.29, 0.717) is 23.2 Å². The van der Waals surface area contributed by atoms with Crippen molar-refractivity contribution >= 4 is 28.9 Å². The topological polar surface area (TPSA) is 21.3 Å². The van der Waals surface area contributed by atoms with Gasteiger partial charge in [0.15, 0.2) is 0 Å². The molecule has 122 valence electrons. The van der Waals surface area contributed by atoms with Gasteiger partial charge in [-0.2, -0.15) is 0 Å². The van der Waals surface area contributed by atoms with E-state index in [4.69, 9.17) is 27.9 Å². The molecule has 0 amide bonds. The van der Waals surface area contributed by atoms with Crippen LogP contribution in [0, 0.1) is 0 Å². The van der Waals surface area contributed by atoms with E-state index in [1.807, 2.05) is 54.6 Å². The Bertz CT molecular complexity index is 806. The minimum atomic E-state index is 0.537. The maximum Gasteiger partial charge on any atom is 0.124 e. The first-order valence-electron chi connectivity index (χ1n) is 7.66. The van der Waals surface area contributed by atoms with Crippen LogP contribution < -0.4 is 10.1 Å². The van der Waals surface area contributed by atoms with Gasteiger partial charge in [-0.15, -0.1) is 0 Å². The molecule has 24 heavy (non-hydrogen) atoms. The van der Waals surface area contributed by atoms with E-state index in [2.05, 4.69) is 17.4 Å². The summed E-state index contributed by atoms with van der Waals surface area (Å²) < 4.78 is 5.97. The third kappa shape index (κ3) is 4.44. The highest BCUT2D eigenvalue weighted by Gasteiger charge is 2.05. The van der Waals surface area contributed by atoms with Crippen LogP contribution in [-0.2, 0) is 13.2 Å². The summed E-state index contributed by atoms with van der Waals surface area (Å²) >= 11 is 12.0. The maximum atomic E-state index is 6.05. The molecule has 3 aromatic carbocycles. The summed E-state index contributed by atoms with van der Waals surface area (Å²) in [6.45, 7) is 1.19. The second-order valence-electron chi connectivity index (χ2n) is 5.36. The van der Waals surface area contributed by atoms with Crippen LogP contribution in [0.25, 0.3) is 0 Å². The number of rotatable bonds is 6. The van der Waals surface area contributed by atoms with Crippen molar-refractivity contribution in [3.63, 3.8) is 0 Å². The molecule has 0 aliphatic heterocycles. The molecule has 0 aliphatic rings. The molecule has 0 saturated carbocycles. The highest BCUT2D eigenvalue weighted by atomic mass is 35.5. The number of nitrogens with one attached hydrogen (secondary N) is 1. The third-order valence-corrected chi connectivity index (χ3v) is 4.35. The first-order valence-corrected chi connectivity index (χ1v) is 8.41. The zero-order valence-corrected chi connectivity index (χ0v) is 14.5. The van der Waals surface area contributed by atoms with Gasteiger partial charge in [0.05, 0.1) is 10.0 Å². The Morgan fingerprint density at radius 1 is 0.792 bits per heavy atom. The molecule has 3 rings (SSSR count). The molecule has 1 N–H and O–H groups in total. The van der Waals surface area contributed by atoms with Crippen LogP contribution in [0.5, 0.6) is 5.75 Å². The predicted octanol–water partition coefficient (Wildman–Crippen LogP) is 6.18. The lowest BCUT2D eigenvalue weighted by Crippen LogP contribution is -2.03. The fourth-order valence-corrected chi connectivity index (χ4v) is 2.63. The van der Waals surface area contributed by atoms with Gasteiger partial charge in [0.25, 0.3) is 0 Å². The molecule has 2 nitrogen and oxygen atoms in total. The first-order chi connectivity index (χ1) is 11.7. The van der Waals surface area contributed by atoms with Crippen LogP contribution in [0.1, 0.15) is 11.1 Å². The third-order valence-electron chi connectivity index (χ3n) is 3.61. The Kier molecular flexibility index (Phi) is 5.63. The van der Waals surface area contributed by atoms with Gasteiger partial charge in [0.2, 0.25) is 0 Å². The zero-order valence-electron chi connectivity index (χ0n) is 13.0. The average molecular weight is 358 g/mol. The molecular formula is C20H17Cl2NO. The number of ether oxygens (including phenoxy) is 1. The lowest BCUT2D eigenvalue weighted by Gasteiger charge is -2.13. The second kappa shape index (κ2) is 8.09. The summed E-state index contributed by atoms with van der Waals surface area (Å²) in [4.78, 5) is 0. The lowest BCUT2D eigenvalue weighted by atomic mass is 10.2. The Labute approximate surface area is 152 Å². The van der Waals surface area contributed by atoms with Crippen molar-refractivity contribution in [2.75, 3.05) is 5.32 Å². The molecule has 0 radical (unpaired) electrons. The highest BCUT2D eigenvalue weighted by Crippen LogP contribution is 2.26. The molecule has 0 saturated heterocycles. The van der Waals surface area contributed by atoms with Crippen molar-refractivity contribution in [1.82, 2.24) is 0 Å². The van der Waals surface area contributed by atoms with E-state index in [9.17, 15) is 0 Å². The normalized spacial score (nSPS) is 10.4. The SMILES string of the molecule is Clc1ccc(NCc2ccccc2OCc2ccccc2)cc1Cl. The quantitative estimate of drug-likeness (QED) is 0.568. The number of para-hydroxylation sites is 1. The van der Waals surface area contributed by atoms with E-state index in [1.54, 1.807) is 6.07 Å². The molecule has 0 fully saturated rings. The molecule has 0 atom stereocenters. The van der Waals surface area contributed by atoms with Gasteiger partial charge < -0.3 is 10.1 Å². The van der Waals surface area contributed by atoms with E-state index in [1.165, 1.54) is 0 Å². The number of hydrogen-bond acceptors (Lipinski definition) is 2. The Balaban J connectivity index is 1.66. The molecule has 0 unspecified atom stereocenters. The van der Waals surface area contributed by atoms with Crippen molar-refractivity contribution in [3.05, 3.63) is 94.0 Å². The van der Waals surface area contributed by atoms with E-state index >= 15 is 0 Å². The van der Waals surface area contributed by atoms with Crippen LogP contribution >= 0.6 is 23.2 Å². The molecular weight excluding hydrogens is 341 g/mol. The fraction of sp³-hybridized carbons (Fsp3) is 0.100. The summed E-state index contributed by atoms with van der Waals surface area (Å²) in [5, 5.41) is 4.43. The molecule has 0 aromatic heterocycles. The van der Waals surface area contributed by atoms with Crippen molar-refractivity contribution in [2.45, 2.75) is 13.2 Å². The fourth-order valence-electron chi connectivity index (χ4n) is 2.33. The van der Waals surface area contributed by atoms with Gasteiger partial charge in [-0.05, 0) is 29.8 Å². The molecule has 4 heteroatoms. The summed E-state index contributed by atoms with van der Waals surface area (Å²) in [6.07, 6.45) is 0. The van der Waals surface area contributed by atoms with Crippen molar-refractivity contribution < 1.29 is 4.74 Å². The second-order valence-corrected chi connectivity index (χ2v) is 6.18. The van der Waals surface area contributed by atoms with Crippen LogP contribution in [0.3, 0.4) is 0 Å². The monoisotopic (exact) mass is 357 g/mol. The number of halogens is 2. The van der Waals surface area contributed by atoms with Crippen molar-refractivity contribution in [1.29, 1.82) is 0 Å². The standard InChI is InChI=1S/C20H17Cl2NO/c21-18-11-10-17(12-19(18)22)23-13-16-8-4-5-9-20(16)24-14-15-6-2-1-3-7-15/h1-12,23H,13-14H2. The first kappa shape index (κ1) is 16.7. The van der Waals surface area contributed by atoms with Gasteiger partial charge in [-0.1, -0.05) is 71.7 Å². The highest BCUT2D eigenvalue weighted by molar-refractivity contribution is 6.42. The zero-order chi connectivity index (χ0) is 16.8. The molecule has 3 aromatic rings. The Morgan fingerprint density at radius 2 is 1.54 bits per heavy atom. The number of benzene rings is 3. The van der Waals surface area contributed by atoms with Crippen LogP contribution in [-0.4, -0.2) is 0 Å². The van der Waals surface area contributed by atoms with Crippen LogP contribution in [0.2, 0.25) is 10.0 Å². The maximum absolute atomic E-state index is 6.05. The summed E-state index contributed by atoms with van der Waals surface area (Å²) in [5.41, 5.74) is 3.14. The molecule has 0 heterocycles. The van der Waals surface area contributed by atoms with Crippen molar-refractivity contribution in [2.24, 2.45) is 0 Å². The lowest BCUT2D eigenvalue weighted by molar-refractivity contribution is 0.303. The van der Waals surface area contributed by atoms with E-state index in [-0.39, 0.29) is 0 Å². The van der Waals surface area contributed by atoms with Crippen molar-refractivity contribution in [3.8, 4) is 5.75 Å². The predicted molar refractivity (Wildman–Crippen MR) is 101 cm³/mol. The number of hydrogen-bond donors (Lipinski definition) is 1. The van der Waals surface area contributed by atoms with E-state index in [0.717, 1.165) is 22.6 Å². The minimum Gasteiger partial charge on any atom is -0.489 e. The largest absolute Gasteiger partial charge is 0.489 e. The summed E-state index contributed by atoms with van der Waals surface area (Å²) in [6, 6.07) is 23.6. The van der Waals surface area contributed by atoms with Gasteiger partial charge in [-0.25, -0.2) is 0 Å². The summed E-state index contributed by atoms with van der Waals surface area (Å²) in [7, 11) is 0. The van der Waals surface area contributed by atoms with Gasteiger partial charge >= 0.3 is 0 Å². The van der Waals surface area contributed by atoms with Gasteiger partial charge in [-0.3, -0.25) is 0 Å². The van der Waals surface area contributed by atoms with Crippen LogP contribution in [0.15, 0.2) is 72.8 Å². The summed E-state index contributed by atoms with van der Waals surface area (Å²) in [5.74, 6) is 0.869. The molecule has 0 bridgehead atoms. The minimum absolute atomic E-state index is 0.537. The average Bonchev–Trinajstić information content (AvgIpc) is 2.62. The van der Waals surface area contributed by atoms with Gasteiger partial charge in [0.1, 0.15) is 12.4 Å². The van der Waals surface area contributed by atoms with Crippen LogP contribution in [0.4, 0.5) is 5.69 Å².